The molecule has 0 aromatic rings. The largest absolute Gasteiger partial charge is 0.416 e. The van der Waals surface area contributed by atoms with Crippen molar-refractivity contribution in [2.24, 2.45) is 5.92 Å². The van der Waals surface area contributed by atoms with Crippen LogP contribution in [-0.2, 0) is 4.74 Å². The molecule has 0 fully saturated rings. The Hall–Kier alpha value is -1.51. The lowest BCUT2D eigenvalue weighted by Crippen LogP contribution is -2.23. The maximum atomic E-state index is 11.1. The number of alkyl carbamates (subject to hydrolysis) is 1. The molecule has 1 atom stereocenters. The van der Waals surface area contributed by atoms with Crippen molar-refractivity contribution in [3.8, 4) is 0 Å². The van der Waals surface area contributed by atoms with Crippen molar-refractivity contribution in [1.82, 2.24) is 5.32 Å². The van der Waals surface area contributed by atoms with Gasteiger partial charge in [0.25, 0.3) is 0 Å². The SMILES string of the molecule is C=C(C)OC(=O)NC/C=C/C1CC=CCC1. The third-order valence-electron chi connectivity index (χ3n) is 2.35. The summed E-state index contributed by atoms with van der Waals surface area (Å²) in [6.07, 6.45) is 11.6. The van der Waals surface area contributed by atoms with E-state index in [0.29, 0.717) is 18.2 Å². The summed E-state index contributed by atoms with van der Waals surface area (Å²) in [5, 5.41) is 2.63. The van der Waals surface area contributed by atoms with Crippen LogP contribution in [-0.4, -0.2) is 12.6 Å². The van der Waals surface area contributed by atoms with Crippen LogP contribution < -0.4 is 5.32 Å². The minimum absolute atomic E-state index is 0.402. The van der Waals surface area contributed by atoms with Crippen LogP contribution in [0.3, 0.4) is 0 Å². The molecular formula is C13H19NO2. The van der Waals surface area contributed by atoms with Gasteiger partial charge >= 0.3 is 6.09 Å². The second-order valence-corrected chi connectivity index (χ2v) is 3.95. The summed E-state index contributed by atoms with van der Waals surface area (Å²) in [7, 11) is 0. The summed E-state index contributed by atoms with van der Waals surface area (Å²) in [5.74, 6) is 1.02. The summed E-state index contributed by atoms with van der Waals surface area (Å²) < 4.78 is 4.75. The molecule has 3 nitrogen and oxygen atoms in total. The quantitative estimate of drug-likeness (QED) is 0.585. The average Bonchev–Trinajstić information content (AvgIpc) is 2.25. The van der Waals surface area contributed by atoms with Crippen LogP contribution in [0.2, 0.25) is 0 Å². The third kappa shape index (κ3) is 5.39. The molecule has 0 spiro atoms. The van der Waals surface area contributed by atoms with Crippen LogP contribution >= 0.6 is 0 Å². The fraction of sp³-hybridized carbons (Fsp3) is 0.462. The van der Waals surface area contributed by atoms with E-state index in [9.17, 15) is 4.79 Å². The van der Waals surface area contributed by atoms with Gasteiger partial charge in [0, 0.05) is 6.54 Å². The van der Waals surface area contributed by atoms with Gasteiger partial charge in [-0.15, -0.1) is 0 Å². The van der Waals surface area contributed by atoms with Crippen LogP contribution in [0.1, 0.15) is 26.2 Å². The molecule has 0 bridgehead atoms. The molecule has 3 heteroatoms. The van der Waals surface area contributed by atoms with E-state index in [1.54, 1.807) is 6.92 Å². The zero-order valence-corrected chi connectivity index (χ0v) is 9.74. The topological polar surface area (TPSA) is 38.3 Å². The molecule has 0 heterocycles. The smallest absolute Gasteiger partial charge is 0.412 e. The molecule has 0 saturated heterocycles. The lowest BCUT2D eigenvalue weighted by molar-refractivity contribution is 0.178. The van der Waals surface area contributed by atoms with Crippen molar-refractivity contribution in [3.05, 3.63) is 36.6 Å². The molecule has 1 amide bonds. The monoisotopic (exact) mass is 221 g/mol. The minimum atomic E-state index is -0.444. The highest BCUT2D eigenvalue weighted by molar-refractivity contribution is 5.68. The van der Waals surface area contributed by atoms with E-state index in [1.807, 2.05) is 6.08 Å². The van der Waals surface area contributed by atoms with Crippen molar-refractivity contribution in [2.45, 2.75) is 26.2 Å². The number of nitrogens with one attached hydrogen (secondary N) is 1. The molecule has 1 aliphatic carbocycles. The highest BCUT2D eigenvalue weighted by Crippen LogP contribution is 2.18. The second-order valence-electron chi connectivity index (χ2n) is 3.95. The average molecular weight is 221 g/mol. The number of rotatable bonds is 4. The zero-order chi connectivity index (χ0) is 11.8. The molecule has 16 heavy (non-hydrogen) atoms. The molecule has 0 aliphatic heterocycles. The van der Waals surface area contributed by atoms with Crippen LogP contribution in [0.25, 0.3) is 0 Å². The van der Waals surface area contributed by atoms with Gasteiger partial charge in [-0.25, -0.2) is 4.79 Å². The number of hydrogen-bond acceptors (Lipinski definition) is 2. The maximum Gasteiger partial charge on any atom is 0.412 e. The standard InChI is InChI=1S/C13H19NO2/c1-11(2)16-13(15)14-10-6-9-12-7-4-3-5-8-12/h3-4,6,9,12H,1,5,7-8,10H2,2H3,(H,14,15)/b9-6+. The Morgan fingerprint density at radius 3 is 3.06 bits per heavy atom. The van der Waals surface area contributed by atoms with Crippen molar-refractivity contribution >= 4 is 6.09 Å². The molecule has 1 unspecified atom stereocenters. The molecule has 1 rings (SSSR count). The highest BCUT2D eigenvalue weighted by Gasteiger charge is 2.05. The van der Waals surface area contributed by atoms with Gasteiger partial charge in [-0.05, 0) is 32.1 Å². The Kier molecular flexibility index (Phi) is 5.40. The van der Waals surface area contributed by atoms with E-state index in [1.165, 1.54) is 6.42 Å². The minimum Gasteiger partial charge on any atom is -0.416 e. The van der Waals surface area contributed by atoms with E-state index >= 15 is 0 Å². The second kappa shape index (κ2) is 6.88. The number of hydrogen-bond donors (Lipinski definition) is 1. The van der Waals surface area contributed by atoms with Crippen molar-refractivity contribution < 1.29 is 9.53 Å². The van der Waals surface area contributed by atoms with Gasteiger partial charge in [-0.1, -0.05) is 30.9 Å². The van der Waals surface area contributed by atoms with E-state index in [-0.39, 0.29) is 0 Å². The predicted octanol–water partition coefficient (Wildman–Crippen LogP) is 3.16. The third-order valence-corrected chi connectivity index (χ3v) is 2.35. The van der Waals surface area contributed by atoms with Gasteiger partial charge in [-0.2, -0.15) is 0 Å². The molecule has 0 saturated carbocycles. The lowest BCUT2D eigenvalue weighted by Gasteiger charge is -2.12. The fourth-order valence-electron chi connectivity index (χ4n) is 1.59. The van der Waals surface area contributed by atoms with Crippen molar-refractivity contribution in [3.63, 3.8) is 0 Å². The number of ether oxygens (including phenoxy) is 1. The van der Waals surface area contributed by atoms with Gasteiger partial charge in [0.05, 0.1) is 5.76 Å². The van der Waals surface area contributed by atoms with Gasteiger partial charge in [0.15, 0.2) is 0 Å². The van der Waals surface area contributed by atoms with E-state index in [0.717, 1.165) is 12.8 Å². The lowest BCUT2D eigenvalue weighted by atomic mass is 9.94. The molecule has 1 N–H and O–H groups in total. The highest BCUT2D eigenvalue weighted by atomic mass is 16.6. The Bertz CT molecular complexity index is 305. The number of amides is 1. The first-order valence-electron chi connectivity index (χ1n) is 5.61. The van der Waals surface area contributed by atoms with Crippen LogP contribution in [0.5, 0.6) is 0 Å². The zero-order valence-electron chi connectivity index (χ0n) is 9.74. The Labute approximate surface area is 96.9 Å². The van der Waals surface area contributed by atoms with Crippen molar-refractivity contribution in [1.29, 1.82) is 0 Å². The summed E-state index contributed by atoms with van der Waals surface area (Å²) in [6, 6.07) is 0. The molecular weight excluding hydrogens is 202 g/mol. The van der Waals surface area contributed by atoms with Gasteiger partial charge in [-0.3, -0.25) is 0 Å². The summed E-state index contributed by atoms with van der Waals surface area (Å²) in [6.45, 7) is 5.64. The van der Waals surface area contributed by atoms with Crippen LogP contribution in [0, 0.1) is 5.92 Å². The number of carbonyl (C=O) groups is 1. The van der Waals surface area contributed by atoms with E-state index in [4.69, 9.17) is 4.74 Å². The maximum absolute atomic E-state index is 11.1. The fourth-order valence-corrected chi connectivity index (χ4v) is 1.59. The summed E-state index contributed by atoms with van der Waals surface area (Å²) in [5.41, 5.74) is 0. The normalized spacial score (nSPS) is 19.7. The molecule has 88 valence electrons. The first-order chi connectivity index (χ1) is 7.68. The molecule has 0 aromatic heterocycles. The summed E-state index contributed by atoms with van der Waals surface area (Å²) >= 11 is 0. The summed E-state index contributed by atoms with van der Waals surface area (Å²) in [4.78, 5) is 11.1. The number of allylic oxidation sites excluding steroid dienone is 4. The molecule has 0 aromatic carbocycles. The van der Waals surface area contributed by atoms with Crippen LogP contribution in [0.4, 0.5) is 4.79 Å². The predicted molar refractivity (Wildman–Crippen MR) is 64.9 cm³/mol. The Morgan fingerprint density at radius 2 is 2.44 bits per heavy atom. The Morgan fingerprint density at radius 1 is 1.62 bits per heavy atom. The Balaban J connectivity index is 2.14. The molecule has 0 radical (unpaired) electrons. The van der Waals surface area contributed by atoms with Gasteiger partial charge in [0.2, 0.25) is 0 Å². The van der Waals surface area contributed by atoms with Crippen LogP contribution in [0.15, 0.2) is 36.6 Å². The van der Waals surface area contributed by atoms with Gasteiger partial charge in [0.1, 0.15) is 0 Å². The number of carbonyl (C=O) groups excluding carboxylic acids is 1. The van der Waals surface area contributed by atoms with Gasteiger partial charge < -0.3 is 10.1 Å². The van der Waals surface area contributed by atoms with Crippen molar-refractivity contribution in [2.75, 3.05) is 6.54 Å². The van der Waals surface area contributed by atoms with E-state index in [2.05, 4.69) is 30.1 Å². The van der Waals surface area contributed by atoms with E-state index < -0.39 is 6.09 Å². The first-order valence-corrected chi connectivity index (χ1v) is 5.61. The first kappa shape index (κ1) is 12.6. The molecule has 1 aliphatic rings.